The van der Waals surface area contributed by atoms with Gasteiger partial charge in [-0.2, -0.15) is 0 Å². The molecule has 0 aliphatic rings. The van der Waals surface area contributed by atoms with Gasteiger partial charge in [0.15, 0.2) is 0 Å². The molecule has 1 aromatic rings. The third kappa shape index (κ3) is 8.39. The van der Waals surface area contributed by atoms with Gasteiger partial charge in [-0.3, -0.25) is 0 Å². The van der Waals surface area contributed by atoms with E-state index in [2.05, 4.69) is 44.7 Å². The molecule has 0 aliphatic carbocycles. The Morgan fingerprint density at radius 2 is 1.48 bits per heavy atom. The van der Waals surface area contributed by atoms with Gasteiger partial charge < -0.3 is 9.64 Å². The van der Waals surface area contributed by atoms with Crippen LogP contribution in [0, 0.1) is 0 Å². The lowest BCUT2D eigenvalue weighted by Gasteiger charge is -2.23. The SMILES string of the molecule is CC(C)=CCOC(=O)c1cccc(N(CC=C(C)C)CC=C(C)C)c1. The molecule has 1 aromatic carbocycles. The molecule has 0 fully saturated rings. The molecule has 0 aromatic heterocycles. The van der Waals surface area contributed by atoms with Crippen molar-refractivity contribution in [1.82, 2.24) is 0 Å². The van der Waals surface area contributed by atoms with Crippen LogP contribution in [-0.2, 0) is 4.74 Å². The zero-order valence-corrected chi connectivity index (χ0v) is 16.4. The molecule has 0 aliphatic heterocycles. The van der Waals surface area contributed by atoms with E-state index in [0.717, 1.165) is 24.4 Å². The van der Waals surface area contributed by atoms with Crippen LogP contribution in [0.5, 0.6) is 0 Å². The number of carbonyl (C=O) groups is 1. The highest BCUT2D eigenvalue weighted by Crippen LogP contribution is 2.18. The van der Waals surface area contributed by atoms with Crippen LogP contribution in [0.1, 0.15) is 51.9 Å². The molecular weight excluding hydrogens is 310 g/mol. The number of hydrogen-bond acceptors (Lipinski definition) is 3. The molecule has 0 bridgehead atoms. The Morgan fingerprint density at radius 3 is 2.00 bits per heavy atom. The third-order valence-electron chi connectivity index (χ3n) is 3.59. The zero-order chi connectivity index (χ0) is 18.8. The normalized spacial score (nSPS) is 9.84. The molecular formula is C22H31NO2. The van der Waals surface area contributed by atoms with E-state index in [9.17, 15) is 4.79 Å². The topological polar surface area (TPSA) is 29.5 Å². The molecule has 0 saturated heterocycles. The minimum absolute atomic E-state index is 0.288. The first kappa shape index (κ1) is 20.8. The minimum atomic E-state index is -0.288. The first-order valence-corrected chi connectivity index (χ1v) is 8.72. The van der Waals surface area contributed by atoms with Crippen LogP contribution >= 0.6 is 0 Å². The highest BCUT2D eigenvalue weighted by Gasteiger charge is 2.10. The predicted octanol–water partition coefficient (Wildman–Crippen LogP) is 5.55. The molecule has 3 heteroatoms. The van der Waals surface area contributed by atoms with Crippen molar-refractivity contribution in [1.29, 1.82) is 0 Å². The van der Waals surface area contributed by atoms with Crippen molar-refractivity contribution in [3.05, 3.63) is 64.8 Å². The molecule has 1 rings (SSSR count). The van der Waals surface area contributed by atoms with Gasteiger partial charge in [-0.15, -0.1) is 0 Å². The Labute approximate surface area is 152 Å². The van der Waals surface area contributed by atoms with Crippen LogP contribution in [-0.4, -0.2) is 25.7 Å². The standard InChI is InChI=1S/C22H31NO2/c1-17(2)10-13-23(14-11-18(3)4)21-9-7-8-20(16-21)22(24)25-15-12-19(5)6/h7-12,16H,13-15H2,1-6H3. The van der Waals surface area contributed by atoms with Crippen molar-refractivity contribution in [2.24, 2.45) is 0 Å². The molecule has 0 amide bonds. The van der Waals surface area contributed by atoms with Crippen molar-refractivity contribution >= 4 is 11.7 Å². The van der Waals surface area contributed by atoms with Crippen molar-refractivity contribution in [3.63, 3.8) is 0 Å². The molecule has 3 nitrogen and oxygen atoms in total. The number of esters is 1. The van der Waals surface area contributed by atoms with Crippen LogP contribution in [0.3, 0.4) is 0 Å². The molecule has 0 N–H and O–H groups in total. The van der Waals surface area contributed by atoms with E-state index >= 15 is 0 Å². The Bertz CT molecular complexity index is 636. The number of ether oxygens (including phenoxy) is 1. The van der Waals surface area contributed by atoms with Gasteiger partial charge in [0.1, 0.15) is 6.61 Å². The summed E-state index contributed by atoms with van der Waals surface area (Å²) >= 11 is 0. The van der Waals surface area contributed by atoms with Gasteiger partial charge in [-0.1, -0.05) is 34.9 Å². The third-order valence-corrected chi connectivity index (χ3v) is 3.59. The molecule has 0 spiro atoms. The van der Waals surface area contributed by atoms with Crippen LogP contribution in [0.15, 0.2) is 59.2 Å². The number of hydrogen-bond donors (Lipinski definition) is 0. The maximum Gasteiger partial charge on any atom is 0.338 e. The van der Waals surface area contributed by atoms with E-state index in [1.54, 1.807) is 6.07 Å². The maximum absolute atomic E-state index is 12.2. The second kappa shape index (κ2) is 10.5. The van der Waals surface area contributed by atoms with Gasteiger partial charge in [0.25, 0.3) is 0 Å². The fourth-order valence-electron chi connectivity index (χ4n) is 2.07. The molecule has 0 radical (unpaired) electrons. The van der Waals surface area contributed by atoms with Crippen molar-refractivity contribution in [3.8, 4) is 0 Å². The van der Waals surface area contributed by atoms with E-state index in [4.69, 9.17) is 4.74 Å². The van der Waals surface area contributed by atoms with Crippen LogP contribution in [0.2, 0.25) is 0 Å². The van der Waals surface area contributed by atoms with Gasteiger partial charge in [0.2, 0.25) is 0 Å². The highest BCUT2D eigenvalue weighted by atomic mass is 16.5. The number of anilines is 1. The lowest BCUT2D eigenvalue weighted by molar-refractivity contribution is 0.0549. The summed E-state index contributed by atoms with van der Waals surface area (Å²) in [7, 11) is 0. The van der Waals surface area contributed by atoms with Gasteiger partial charge in [0.05, 0.1) is 5.56 Å². The Hall–Kier alpha value is -2.29. The highest BCUT2D eigenvalue weighted by molar-refractivity contribution is 5.90. The number of carbonyl (C=O) groups excluding carboxylic acids is 1. The monoisotopic (exact) mass is 341 g/mol. The van der Waals surface area contributed by atoms with Crippen molar-refractivity contribution < 1.29 is 9.53 Å². The zero-order valence-electron chi connectivity index (χ0n) is 16.4. The smallest absolute Gasteiger partial charge is 0.338 e. The van der Waals surface area contributed by atoms with E-state index in [1.165, 1.54) is 11.1 Å². The molecule has 0 unspecified atom stereocenters. The lowest BCUT2D eigenvalue weighted by Crippen LogP contribution is -2.24. The summed E-state index contributed by atoms with van der Waals surface area (Å²) in [6, 6.07) is 7.65. The predicted molar refractivity (Wildman–Crippen MR) is 107 cm³/mol. The van der Waals surface area contributed by atoms with Crippen LogP contribution < -0.4 is 4.90 Å². The average Bonchev–Trinajstić information content (AvgIpc) is 2.54. The van der Waals surface area contributed by atoms with Crippen LogP contribution in [0.4, 0.5) is 5.69 Å². The fraction of sp³-hybridized carbons (Fsp3) is 0.409. The van der Waals surface area contributed by atoms with Crippen LogP contribution in [0.25, 0.3) is 0 Å². The number of nitrogens with zero attached hydrogens (tertiary/aromatic N) is 1. The summed E-state index contributed by atoms with van der Waals surface area (Å²) in [5.41, 5.74) is 5.29. The number of allylic oxidation sites excluding steroid dienone is 3. The minimum Gasteiger partial charge on any atom is -0.458 e. The molecule has 0 saturated carbocycles. The van der Waals surface area contributed by atoms with E-state index in [1.807, 2.05) is 38.1 Å². The van der Waals surface area contributed by atoms with Gasteiger partial charge in [-0.25, -0.2) is 4.79 Å². The summed E-state index contributed by atoms with van der Waals surface area (Å²) < 4.78 is 5.31. The number of rotatable bonds is 8. The summed E-state index contributed by atoms with van der Waals surface area (Å²) in [5, 5.41) is 0. The molecule has 25 heavy (non-hydrogen) atoms. The van der Waals surface area contributed by atoms with Gasteiger partial charge in [0, 0.05) is 18.8 Å². The molecule has 136 valence electrons. The second-order valence-electron chi connectivity index (χ2n) is 6.90. The van der Waals surface area contributed by atoms with Crippen molar-refractivity contribution in [2.75, 3.05) is 24.6 Å². The summed E-state index contributed by atoms with van der Waals surface area (Å²) in [6.45, 7) is 14.3. The number of benzene rings is 1. The van der Waals surface area contributed by atoms with E-state index in [0.29, 0.717) is 12.2 Å². The quantitative estimate of drug-likeness (QED) is 0.459. The first-order valence-electron chi connectivity index (χ1n) is 8.72. The van der Waals surface area contributed by atoms with Crippen molar-refractivity contribution in [2.45, 2.75) is 41.5 Å². The maximum atomic E-state index is 12.2. The van der Waals surface area contributed by atoms with E-state index in [-0.39, 0.29) is 5.97 Å². The fourth-order valence-corrected chi connectivity index (χ4v) is 2.07. The summed E-state index contributed by atoms with van der Waals surface area (Å²) in [5.74, 6) is -0.288. The summed E-state index contributed by atoms with van der Waals surface area (Å²) in [6.07, 6.45) is 6.29. The average molecular weight is 341 g/mol. The first-order chi connectivity index (χ1) is 11.8. The van der Waals surface area contributed by atoms with Gasteiger partial charge >= 0.3 is 5.97 Å². The van der Waals surface area contributed by atoms with Gasteiger partial charge in [-0.05, 0) is 65.8 Å². The Balaban J connectivity index is 2.95. The largest absolute Gasteiger partial charge is 0.458 e. The molecule has 0 atom stereocenters. The Kier molecular flexibility index (Phi) is 8.76. The summed E-state index contributed by atoms with van der Waals surface area (Å²) in [4.78, 5) is 14.5. The molecule has 0 heterocycles. The lowest BCUT2D eigenvalue weighted by atomic mass is 10.1. The van der Waals surface area contributed by atoms with E-state index < -0.39 is 0 Å². The second-order valence-corrected chi connectivity index (χ2v) is 6.90. The Morgan fingerprint density at radius 1 is 0.920 bits per heavy atom.